The van der Waals surface area contributed by atoms with Crippen molar-refractivity contribution in [2.24, 2.45) is 5.92 Å². The third kappa shape index (κ3) is 3.89. The van der Waals surface area contributed by atoms with Crippen molar-refractivity contribution in [1.29, 1.82) is 0 Å². The average molecular weight is 401 g/mol. The van der Waals surface area contributed by atoms with Crippen LogP contribution in [0, 0.1) is 17.6 Å². The molecular formula is C25H27ClF2. The van der Waals surface area contributed by atoms with E-state index in [0.29, 0.717) is 5.92 Å². The quantitative estimate of drug-likeness (QED) is 0.371. The Morgan fingerprint density at radius 2 is 1.64 bits per heavy atom. The molecule has 2 aromatic carbocycles. The number of fused-ring (bicyclic) bond motifs is 3. The Labute approximate surface area is 171 Å². The molecule has 0 fully saturated rings. The Balaban J connectivity index is 1.54. The highest BCUT2D eigenvalue weighted by Gasteiger charge is 2.27. The summed E-state index contributed by atoms with van der Waals surface area (Å²) in [4.78, 5) is 0. The molecule has 0 N–H and O–H groups in total. The average Bonchev–Trinajstić information content (AvgIpc) is 2.71. The monoisotopic (exact) mass is 400 g/mol. The minimum absolute atomic E-state index is 0.153. The van der Waals surface area contributed by atoms with Crippen LogP contribution in [0.3, 0.4) is 0 Å². The van der Waals surface area contributed by atoms with Gasteiger partial charge in [-0.3, -0.25) is 0 Å². The minimum Gasteiger partial charge on any atom is -0.205 e. The second-order valence-corrected chi connectivity index (χ2v) is 8.68. The van der Waals surface area contributed by atoms with E-state index in [1.54, 1.807) is 5.56 Å². The number of benzene rings is 2. The molecule has 0 aromatic heterocycles. The highest BCUT2D eigenvalue weighted by molar-refractivity contribution is 6.30. The molecule has 0 nitrogen and oxygen atoms in total. The number of halogens is 3. The Kier molecular flexibility index (Phi) is 5.87. The summed E-state index contributed by atoms with van der Waals surface area (Å²) in [7, 11) is 0. The summed E-state index contributed by atoms with van der Waals surface area (Å²) in [6.45, 7) is 2.22. The number of rotatable bonds is 4. The van der Waals surface area contributed by atoms with Crippen molar-refractivity contribution in [1.82, 2.24) is 0 Å². The molecule has 2 aliphatic carbocycles. The minimum atomic E-state index is -0.657. The van der Waals surface area contributed by atoms with E-state index in [2.05, 4.69) is 31.2 Å². The Morgan fingerprint density at radius 1 is 1.00 bits per heavy atom. The van der Waals surface area contributed by atoms with Gasteiger partial charge in [-0.15, -0.1) is 0 Å². The summed E-state index contributed by atoms with van der Waals surface area (Å²) in [6.07, 6.45) is 13.4. The molecule has 0 spiro atoms. The van der Waals surface area contributed by atoms with Gasteiger partial charge in [-0.25, -0.2) is 8.78 Å². The molecule has 0 amide bonds. The number of unbranched alkanes of at least 4 members (excludes halogenated alkanes) is 1. The largest absolute Gasteiger partial charge is 0.205 e. The van der Waals surface area contributed by atoms with Crippen LogP contribution in [0.1, 0.15) is 66.3 Å². The fourth-order valence-electron chi connectivity index (χ4n) is 4.91. The van der Waals surface area contributed by atoms with Crippen molar-refractivity contribution in [2.75, 3.05) is 0 Å². The zero-order chi connectivity index (χ0) is 19.7. The zero-order valence-corrected chi connectivity index (χ0v) is 17.2. The van der Waals surface area contributed by atoms with Gasteiger partial charge in [0.2, 0.25) is 0 Å². The molecule has 148 valence electrons. The first-order valence-electron chi connectivity index (χ1n) is 10.5. The summed E-state index contributed by atoms with van der Waals surface area (Å²) >= 11 is 5.65. The third-order valence-corrected chi connectivity index (χ3v) is 6.78. The molecule has 0 heterocycles. The lowest BCUT2D eigenvalue weighted by atomic mass is 9.74. The van der Waals surface area contributed by atoms with Crippen LogP contribution in [0.2, 0.25) is 5.02 Å². The predicted molar refractivity (Wildman–Crippen MR) is 112 cm³/mol. The van der Waals surface area contributed by atoms with Crippen LogP contribution in [0.25, 0.3) is 0 Å². The lowest BCUT2D eigenvalue weighted by Crippen LogP contribution is -2.20. The van der Waals surface area contributed by atoms with E-state index in [4.69, 9.17) is 11.6 Å². The van der Waals surface area contributed by atoms with Gasteiger partial charge >= 0.3 is 0 Å². The van der Waals surface area contributed by atoms with E-state index in [-0.39, 0.29) is 5.92 Å². The van der Waals surface area contributed by atoms with Gasteiger partial charge in [0.15, 0.2) is 0 Å². The molecule has 2 aromatic rings. The zero-order valence-electron chi connectivity index (χ0n) is 16.4. The summed E-state index contributed by atoms with van der Waals surface area (Å²) in [5.41, 5.74) is 6.62. The van der Waals surface area contributed by atoms with Crippen LogP contribution < -0.4 is 0 Å². The maximum atomic E-state index is 13.9. The van der Waals surface area contributed by atoms with Gasteiger partial charge < -0.3 is 0 Å². The summed E-state index contributed by atoms with van der Waals surface area (Å²) in [5.74, 6) is -0.501. The van der Waals surface area contributed by atoms with Crippen LogP contribution in [0.4, 0.5) is 8.78 Å². The van der Waals surface area contributed by atoms with E-state index in [1.807, 2.05) is 0 Å². The Bertz CT molecular complexity index is 877. The van der Waals surface area contributed by atoms with Crippen LogP contribution in [-0.2, 0) is 25.7 Å². The fourth-order valence-corrected chi connectivity index (χ4v) is 5.02. The van der Waals surface area contributed by atoms with Gasteiger partial charge in [-0.1, -0.05) is 49.2 Å². The van der Waals surface area contributed by atoms with E-state index in [0.717, 1.165) is 37.7 Å². The van der Waals surface area contributed by atoms with Crippen molar-refractivity contribution >= 4 is 11.6 Å². The number of allylic oxidation sites excluding steroid dienone is 2. The maximum absolute atomic E-state index is 13.9. The maximum Gasteiger partial charge on any atom is 0.145 e. The molecule has 0 saturated carbocycles. The number of hydrogen-bond acceptors (Lipinski definition) is 0. The first kappa shape index (κ1) is 19.6. The fraction of sp³-hybridized carbons (Fsp3) is 0.440. The standard InChI is InChI=1S/C25H27ClF2/c1-2-3-4-5-16-6-10-21-18(12-16)7-8-19-13-17(9-11-22(19)21)20-14-23(27)25(26)24(28)15-20/h4-5,7-8,14-17H,2-3,6,9-13H2,1H3/t16-,17-/m0/s1. The second-order valence-electron chi connectivity index (χ2n) is 8.30. The van der Waals surface area contributed by atoms with Gasteiger partial charge in [0, 0.05) is 0 Å². The molecule has 0 radical (unpaired) electrons. The highest BCUT2D eigenvalue weighted by atomic mass is 35.5. The topological polar surface area (TPSA) is 0 Å². The van der Waals surface area contributed by atoms with Gasteiger partial charge in [0.25, 0.3) is 0 Å². The lowest BCUT2D eigenvalue weighted by Gasteiger charge is -2.31. The van der Waals surface area contributed by atoms with Gasteiger partial charge in [0.1, 0.15) is 16.7 Å². The van der Waals surface area contributed by atoms with Crippen molar-refractivity contribution < 1.29 is 8.78 Å². The van der Waals surface area contributed by atoms with Crippen LogP contribution in [0.5, 0.6) is 0 Å². The van der Waals surface area contributed by atoms with Crippen molar-refractivity contribution in [3.8, 4) is 0 Å². The second kappa shape index (κ2) is 8.37. The first-order valence-corrected chi connectivity index (χ1v) is 10.9. The molecule has 0 bridgehead atoms. The molecule has 0 unspecified atom stereocenters. The smallest absolute Gasteiger partial charge is 0.145 e. The number of hydrogen-bond donors (Lipinski definition) is 0. The molecule has 2 atom stereocenters. The van der Waals surface area contributed by atoms with E-state index < -0.39 is 16.7 Å². The lowest BCUT2D eigenvalue weighted by molar-refractivity contribution is 0.527. The molecule has 0 aliphatic heterocycles. The van der Waals surface area contributed by atoms with Crippen molar-refractivity contribution in [2.45, 2.75) is 64.2 Å². The van der Waals surface area contributed by atoms with Crippen LogP contribution in [0.15, 0.2) is 36.4 Å². The Hall–Kier alpha value is -1.67. The molecule has 3 heteroatoms. The van der Waals surface area contributed by atoms with Gasteiger partial charge in [-0.2, -0.15) is 0 Å². The highest BCUT2D eigenvalue weighted by Crippen LogP contribution is 2.39. The summed E-state index contributed by atoms with van der Waals surface area (Å²) < 4.78 is 27.8. The Morgan fingerprint density at radius 3 is 2.32 bits per heavy atom. The third-order valence-electron chi connectivity index (χ3n) is 6.42. The molecule has 4 rings (SSSR count). The van der Waals surface area contributed by atoms with Crippen LogP contribution in [-0.4, -0.2) is 0 Å². The van der Waals surface area contributed by atoms with Gasteiger partial charge in [0.05, 0.1) is 0 Å². The molecular weight excluding hydrogens is 374 g/mol. The van der Waals surface area contributed by atoms with Crippen LogP contribution >= 0.6 is 11.6 Å². The van der Waals surface area contributed by atoms with Crippen molar-refractivity contribution in [3.63, 3.8) is 0 Å². The molecule has 2 aliphatic rings. The van der Waals surface area contributed by atoms with Crippen molar-refractivity contribution in [3.05, 3.63) is 80.9 Å². The van der Waals surface area contributed by atoms with E-state index in [1.165, 1.54) is 48.1 Å². The summed E-state index contributed by atoms with van der Waals surface area (Å²) in [5, 5.41) is -0.406. The molecule has 0 saturated heterocycles. The molecule has 28 heavy (non-hydrogen) atoms. The normalized spacial score (nSPS) is 21.6. The predicted octanol–water partition coefficient (Wildman–Crippen LogP) is 7.35. The van der Waals surface area contributed by atoms with Gasteiger partial charge in [-0.05, 0) is 96.7 Å². The van der Waals surface area contributed by atoms with E-state index in [9.17, 15) is 8.78 Å². The SMILES string of the molecule is CCCC=C[C@H]1CCc2c(ccc3c2CC[C@H](c2cc(F)c(Cl)c(F)c2)C3)C1. The first-order chi connectivity index (χ1) is 13.6. The van der Waals surface area contributed by atoms with E-state index >= 15 is 0 Å². The summed E-state index contributed by atoms with van der Waals surface area (Å²) in [6, 6.07) is 7.36.